The van der Waals surface area contributed by atoms with Crippen molar-refractivity contribution in [2.45, 2.75) is 44.7 Å². The molecule has 0 spiro atoms. The minimum atomic E-state index is -0.00909. The number of carbonyl (C=O) groups is 1. The van der Waals surface area contributed by atoms with E-state index in [2.05, 4.69) is 78.2 Å². The van der Waals surface area contributed by atoms with Gasteiger partial charge in [0, 0.05) is 39.1 Å². The van der Waals surface area contributed by atoms with Gasteiger partial charge in [0.25, 0.3) is 5.91 Å². The second-order valence-electron chi connectivity index (χ2n) is 10.3. The molecule has 0 radical (unpaired) electrons. The quantitative estimate of drug-likeness (QED) is 0.219. The smallest absolute Gasteiger partial charge is 0.258 e. The van der Waals surface area contributed by atoms with Crippen LogP contribution in [0.4, 0.5) is 5.69 Å². The van der Waals surface area contributed by atoms with Crippen LogP contribution < -0.4 is 14.4 Å². The van der Waals surface area contributed by atoms with Crippen LogP contribution in [0, 0.1) is 0 Å². The molecular weight excluding hydrogens is 484 g/mol. The van der Waals surface area contributed by atoms with E-state index >= 15 is 0 Å². The average Bonchev–Trinajstić information content (AvgIpc) is 3.33. The Bertz CT molecular complexity index is 1600. The molecule has 2 unspecified atom stereocenters. The van der Waals surface area contributed by atoms with Crippen LogP contribution in [0.15, 0.2) is 91.0 Å². The number of ether oxygens (including phenoxy) is 2. The molecule has 2 heterocycles. The van der Waals surface area contributed by atoms with E-state index in [0.717, 1.165) is 31.4 Å². The summed E-state index contributed by atoms with van der Waals surface area (Å²) < 4.78 is 13.4. The zero-order chi connectivity index (χ0) is 26.9. The SMILES string of the molecule is CCCCC1CC(n2c3ccccc3c3ccccc32)c2ccccc2N1C(=O)c1ccc(OC)c(OC)c1. The number of aromatic nitrogens is 1. The molecule has 2 atom stereocenters. The fraction of sp³-hybridized carbons (Fsp3) is 0.265. The van der Waals surface area contributed by atoms with Gasteiger partial charge in [-0.1, -0.05) is 74.4 Å². The minimum Gasteiger partial charge on any atom is -0.493 e. The first kappa shape index (κ1) is 25.1. The molecule has 1 aromatic heterocycles. The van der Waals surface area contributed by atoms with Crippen LogP contribution in [0.3, 0.4) is 0 Å². The number of anilines is 1. The van der Waals surface area contributed by atoms with Crippen molar-refractivity contribution in [2.75, 3.05) is 19.1 Å². The Morgan fingerprint density at radius 3 is 2.13 bits per heavy atom. The summed E-state index contributed by atoms with van der Waals surface area (Å²) in [7, 11) is 3.21. The largest absolute Gasteiger partial charge is 0.493 e. The van der Waals surface area contributed by atoms with Crippen LogP contribution in [0.25, 0.3) is 21.8 Å². The molecule has 5 aromatic rings. The monoisotopic (exact) mass is 518 g/mol. The Morgan fingerprint density at radius 1 is 0.821 bits per heavy atom. The van der Waals surface area contributed by atoms with Gasteiger partial charge in [0.15, 0.2) is 11.5 Å². The lowest BCUT2D eigenvalue weighted by molar-refractivity contribution is 0.0968. The zero-order valence-electron chi connectivity index (χ0n) is 22.8. The zero-order valence-corrected chi connectivity index (χ0v) is 22.8. The van der Waals surface area contributed by atoms with Crippen LogP contribution >= 0.6 is 0 Å². The van der Waals surface area contributed by atoms with Crippen LogP contribution in [0.1, 0.15) is 54.6 Å². The number of methoxy groups -OCH3 is 2. The van der Waals surface area contributed by atoms with Gasteiger partial charge in [0.05, 0.1) is 20.3 Å². The van der Waals surface area contributed by atoms with Crippen molar-refractivity contribution in [2.24, 2.45) is 0 Å². The number of hydrogen-bond donors (Lipinski definition) is 0. The summed E-state index contributed by atoms with van der Waals surface area (Å²) in [5, 5.41) is 2.53. The summed E-state index contributed by atoms with van der Waals surface area (Å²) in [6, 6.07) is 31.4. The Hall–Kier alpha value is -4.25. The van der Waals surface area contributed by atoms with Crippen LogP contribution in [-0.4, -0.2) is 30.7 Å². The Kier molecular flexibility index (Phi) is 6.74. The Labute approximate surface area is 229 Å². The number of rotatable bonds is 7. The predicted molar refractivity (Wildman–Crippen MR) is 158 cm³/mol. The van der Waals surface area contributed by atoms with E-state index in [4.69, 9.17) is 9.47 Å². The summed E-state index contributed by atoms with van der Waals surface area (Å²) in [4.78, 5) is 16.3. The van der Waals surface area contributed by atoms with Crippen LogP contribution in [0.5, 0.6) is 11.5 Å². The van der Waals surface area contributed by atoms with Crippen molar-refractivity contribution < 1.29 is 14.3 Å². The van der Waals surface area contributed by atoms with Gasteiger partial charge in [-0.3, -0.25) is 4.79 Å². The molecule has 4 aromatic carbocycles. The Morgan fingerprint density at radius 2 is 1.46 bits per heavy atom. The fourth-order valence-electron chi connectivity index (χ4n) is 6.28. The van der Waals surface area contributed by atoms with Crippen LogP contribution in [-0.2, 0) is 0 Å². The van der Waals surface area contributed by atoms with Crippen LogP contribution in [0.2, 0.25) is 0 Å². The van der Waals surface area contributed by atoms with Gasteiger partial charge in [-0.25, -0.2) is 0 Å². The molecule has 0 N–H and O–H groups in total. The van der Waals surface area contributed by atoms with E-state index in [-0.39, 0.29) is 18.0 Å². The van der Waals surface area contributed by atoms with Gasteiger partial charge in [-0.2, -0.15) is 0 Å². The van der Waals surface area contributed by atoms with Gasteiger partial charge in [-0.05, 0) is 54.8 Å². The fourth-order valence-corrected chi connectivity index (χ4v) is 6.28. The van der Waals surface area contributed by atoms with E-state index in [9.17, 15) is 4.79 Å². The maximum Gasteiger partial charge on any atom is 0.258 e. The third kappa shape index (κ3) is 4.22. The first-order chi connectivity index (χ1) is 19.2. The van der Waals surface area contributed by atoms with E-state index in [1.807, 2.05) is 23.1 Å². The van der Waals surface area contributed by atoms with Gasteiger partial charge in [-0.15, -0.1) is 0 Å². The van der Waals surface area contributed by atoms with Crippen molar-refractivity contribution in [1.82, 2.24) is 4.57 Å². The first-order valence-electron chi connectivity index (χ1n) is 13.8. The molecule has 39 heavy (non-hydrogen) atoms. The number of nitrogens with zero attached hydrogens (tertiary/aromatic N) is 2. The van der Waals surface area contributed by atoms with Gasteiger partial charge < -0.3 is 18.9 Å². The molecule has 0 saturated carbocycles. The lowest BCUT2D eigenvalue weighted by Gasteiger charge is -2.42. The second kappa shape index (κ2) is 10.5. The molecule has 5 nitrogen and oxygen atoms in total. The van der Waals surface area contributed by atoms with Gasteiger partial charge >= 0.3 is 0 Å². The molecule has 6 rings (SSSR count). The van der Waals surface area contributed by atoms with Crippen molar-refractivity contribution in [3.05, 3.63) is 102 Å². The highest BCUT2D eigenvalue weighted by molar-refractivity contribution is 6.09. The maximum atomic E-state index is 14.2. The van der Waals surface area contributed by atoms with Crippen molar-refractivity contribution in [3.8, 4) is 11.5 Å². The molecular formula is C34H34N2O3. The summed E-state index contributed by atoms with van der Waals surface area (Å²) in [6.45, 7) is 2.21. The maximum absolute atomic E-state index is 14.2. The van der Waals surface area contributed by atoms with Gasteiger partial charge in [0.1, 0.15) is 0 Å². The highest BCUT2D eigenvalue weighted by atomic mass is 16.5. The minimum absolute atomic E-state index is 0.00909. The van der Waals surface area contributed by atoms with Crippen molar-refractivity contribution in [3.63, 3.8) is 0 Å². The molecule has 0 fully saturated rings. The summed E-state index contributed by atoms with van der Waals surface area (Å²) in [6.07, 6.45) is 3.93. The number of amides is 1. The molecule has 0 aliphatic carbocycles. The number of unbranched alkanes of at least 4 members (excludes halogenated alkanes) is 1. The molecule has 1 aliphatic heterocycles. The summed E-state index contributed by atoms with van der Waals surface area (Å²) in [5.41, 5.74) is 5.21. The first-order valence-corrected chi connectivity index (χ1v) is 13.8. The van der Waals surface area contributed by atoms with E-state index in [1.54, 1.807) is 20.3 Å². The van der Waals surface area contributed by atoms with Gasteiger partial charge in [0.2, 0.25) is 0 Å². The van der Waals surface area contributed by atoms with E-state index < -0.39 is 0 Å². The number of fused-ring (bicyclic) bond motifs is 4. The number of benzene rings is 4. The number of para-hydroxylation sites is 3. The van der Waals surface area contributed by atoms with E-state index in [0.29, 0.717) is 17.1 Å². The number of hydrogen-bond acceptors (Lipinski definition) is 3. The summed E-state index contributed by atoms with van der Waals surface area (Å²) >= 11 is 0. The van der Waals surface area contributed by atoms with Crippen molar-refractivity contribution in [1.29, 1.82) is 0 Å². The Balaban J connectivity index is 1.52. The normalized spacial score (nSPS) is 16.8. The standard InChI is InChI=1S/C34H34N2O3/c1-4-5-12-24-22-31(36-28-16-9-6-13-25(28)26-14-7-10-17-29(26)36)27-15-8-11-18-30(27)35(24)34(37)23-19-20-32(38-2)33(21-23)39-3/h6-11,13-21,24,31H,4-5,12,22H2,1-3H3. The molecule has 0 saturated heterocycles. The molecule has 0 bridgehead atoms. The summed E-state index contributed by atoms with van der Waals surface area (Å²) in [5.74, 6) is 1.16. The third-order valence-corrected chi connectivity index (χ3v) is 8.08. The molecule has 1 amide bonds. The molecule has 198 valence electrons. The topological polar surface area (TPSA) is 43.7 Å². The average molecular weight is 519 g/mol. The predicted octanol–water partition coefficient (Wildman–Crippen LogP) is 8.01. The third-order valence-electron chi connectivity index (χ3n) is 8.08. The van der Waals surface area contributed by atoms with Crippen molar-refractivity contribution >= 4 is 33.4 Å². The lowest BCUT2D eigenvalue weighted by atomic mass is 9.87. The second-order valence-corrected chi connectivity index (χ2v) is 10.3. The lowest BCUT2D eigenvalue weighted by Crippen LogP contribution is -2.46. The molecule has 1 aliphatic rings. The number of carbonyl (C=O) groups excluding carboxylic acids is 1. The highest BCUT2D eigenvalue weighted by Crippen LogP contribution is 2.45. The van der Waals surface area contributed by atoms with E-state index in [1.165, 1.54) is 27.4 Å². The highest BCUT2D eigenvalue weighted by Gasteiger charge is 2.38. The molecule has 5 heteroatoms.